The second-order valence-corrected chi connectivity index (χ2v) is 4.51. The quantitative estimate of drug-likeness (QED) is 0.874. The molecule has 0 atom stereocenters. The predicted octanol–water partition coefficient (Wildman–Crippen LogP) is 2.32. The summed E-state index contributed by atoms with van der Waals surface area (Å²) >= 11 is 0. The number of alkyl halides is 3. The molecule has 0 bridgehead atoms. The molecule has 9 heteroatoms. The van der Waals surface area contributed by atoms with Crippen molar-refractivity contribution in [3.05, 3.63) is 34.1 Å². The van der Waals surface area contributed by atoms with Crippen LogP contribution in [0.15, 0.2) is 23.0 Å². The fourth-order valence-corrected chi connectivity index (χ4v) is 2.14. The van der Waals surface area contributed by atoms with Crippen molar-refractivity contribution in [1.29, 1.82) is 0 Å². The number of hydrogen-bond donors (Lipinski definition) is 1. The molecular weight excluding hydrogens is 319 g/mol. The molecule has 0 aliphatic heterocycles. The monoisotopic (exact) mass is 331 g/mol. The first-order valence-electron chi connectivity index (χ1n) is 6.45. The molecule has 23 heavy (non-hydrogen) atoms. The van der Waals surface area contributed by atoms with Gasteiger partial charge in [0.05, 0.1) is 17.5 Å². The van der Waals surface area contributed by atoms with Crippen LogP contribution in [0.3, 0.4) is 0 Å². The number of benzene rings is 1. The first kappa shape index (κ1) is 16.7. The molecule has 1 aromatic heterocycles. The third-order valence-electron chi connectivity index (χ3n) is 3.06. The Morgan fingerprint density at radius 1 is 1.35 bits per heavy atom. The van der Waals surface area contributed by atoms with Gasteiger partial charge in [-0.05, 0) is 19.1 Å². The van der Waals surface area contributed by atoms with E-state index in [0.29, 0.717) is 0 Å². The molecule has 2 aromatic rings. The summed E-state index contributed by atoms with van der Waals surface area (Å²) in [4.78, 5) is 24.0. The number of carbonyl (C=O) groups is 1. The van der Waals surface area contributed by atoms with Gasteiger partial charge in [-0.3, -0.25) is 4.79 Å². The van der Waals surface area contributed by atoms with Gasteiger partial charge in [-0.1, -0.05) is 6.07 Å². The zero-order valence-corrected chi connectivity index (χ0v) is 12.1. The van der Waals surface area contributed by atoms with Gasteiger partial charge in [0.2, 0.25) is 0 Å². The Kier molecular flexibility index (Phi) is 4.22. The molecule has 0 saturated heterocycles. The number of nitrogens with zero attached hydrogens (tertiary/aromatic N) is 1. The number of rotatable bonds is 3. The zero-order chi connectivity index (χ0) is 17.4. The number of aromatic nitrogens is 1. The number of esters is 1. The van der Waals surface area contributed by atoms with E-state index in [9.17, 15) is 27.9 Å². The number of fused-ring (bicyclic) bond motifs is 1. The maximum absolute atomic E-state index is 12.5. The number of ether oxygens (including phenoxy) is 2. The number of aromatic hydroxyl groups is 1. The van der Waals surface area contributed by atoms with Crippen LogP contribution in [0, 0.1) is 0 Å². The summed E-state index contributed by atoms with van der Waals surface area (Å²) in [7, 11) is 1.25. The van der Waals surface area contributed by atoms with Gasteiger partial charge in [0, 0.05) is 7.05 Å². The Hall–Kier alpha value is -2.71. The topological polar surface area (TPSA) is 77.8 Å². The number of aryl methyl sites for hydroxylation is 1. The summed E-state index contributed by atoms with van der Waals surface area (Å²) in [5.74, 6) is -2.77. The van der Waals surface area contributed by atoms with E-state index in [-0.39, 0.29) is 12.1 Å². The summed E-state index contributed by atoms with van der Waals surface area (Å²) < 4.78 is 46.9. The van der Waals surface area contributed by atoms with Gasteiger partial charge in [0.25, 0.3) is 5.56 Å². The van der Waals surface area contributed by atoms with Crippen molar-refractivity contribution < 1.29 is 32.5 Å². The van der Waals surface area contributed by atoms with E-state index in [4.69, 9.17) is 0 Å². The Morgan fingerprint density at radius 3 is 2.57 bits per heavy atom. The van der Waals surface area contributed by atoms with Crippen molar-refractivity contribution in [3.63, 3.8) is 0 Å². The highest BCUT2D eigenvalue weighted by molar-refractivity contribution is 6.01. The SMILES string of the molecule is CCOC(=O)c1c(O)c2c(OC(F)(F)F)cccc2n(C)c1=O. The first-order chi connectivity index (χ1) is 10.7. The molecule has 0 spiro atoms. The average molecular weight is 331 g/mol. The van der Waals surface area contributed by atoms with E-state index >= 15 is 0 Å². The molecule has 124 valence electrons. The fourth-order valence-electron chi connectivity index (χ4n) is 2.14. The second kappa shape index (κ2) is 5.82. The molecule has 0 aliphatic carbocycles. The molecule has 1 N–H and O–H groups in total. The van der Waals surface area contributed by atoms with Crippen LogP contribution in [0.4, 0.5) is 13.2 Å². The molecular formula is C14H12F3NO5. The molecule has 0 unspecified atom stereocenters. The summed E-state index contributed by atoms with van der Waals surface area (Å²) in [6.45, 7) is 1.42. The first-order valence-corrected chi connectivity index (χ1v) is 6.45. The molecule has 2 rings (SSSR count). The van der Waals surface area contributed by atoms with Crippen LogP contribution in [-0.2, 0) is 11.8 Å². The summed E-state index contributed by atoms with van der Waals surface area (Å²) in [5.41, 5.74) is -1.67. The van der Waals surface area contributed by atoms with Gasteiger partial charge >= 0.3 is 12.3 Å². The lowest BCUT2D eigenvalue weighted by Crippen LogP contribution is -2.26. The number of carbonyl (C=O) groups excluding carboxylic acids is 1. The predicted molar refractivity (Wildman–Crippen MR) is 73.5 cm³/mol. The second-order valence-electron chi connectivity index (χ2n) is 4.51. The van der Waals surface area contributed by atoms with Crippen molar-refractivity contribution in [2.45, 2.75) is 13.3 Å². The minimum atomic E-state index is -5.00. The van der Waals surface area contributed by atoms with Crippen LogP contribution in [0.5, 0.6) is 11.5 Å². The van der Waals surface area contributed by atoms with E-state index in [1.807, 2.05) is 0 Å². The molecule has 1 heterocycles. The highest BCUT2D eigenvalue weighted by Crippen LogP contribution is 2.36. The maximum atomic E-state index is 12.5. The molecule has 1 aromatic carbocycles. The van der Waals surface area contributed by atoms with E-state index in [2.05, 4.69) is 9.47 Å². The summed E-state index contributed by atoms with van der Waals surface area (Å²) in [6.07, 6.45) is -5.00. The smallest absolute Gasteiger partial charge is 0.506 e. The van der Waals surface area contributed by atoms with E-state index in [0.717, 1.165) is 10.6 Å². The van der Waals surface area contributed by atoms with Gasteiger partial charge in [0.15, 0.2) is 5.56 Å². The Bertz CT molecular complexity index is 826. The summed E-state index contributed by atoms with van der Waals surface area (Å²) in [6, 6.07) is 3.51. The van der Waals surface area contributed by atoms with Crippen LogP contribution in [0.2, 0.25) is 0 Å². The van der Waals surface area contributed by atoms with Gasteiger partial charge in [-0.25, -0.2) is 4.79 Å². The number of pyridine rings is 1. The minimum absolute atomic E-state index is 0.0256. The summed E-state index contributed by atoms with van der Waals surface area (Å²) in [5, 5.41) is 9.76. The Balaban J connectivity index is 2.84. The normalized spacial score (nSPS) is 11.5. The average Bonchev–Trinajstić information content (AvgIpc) is 2.43. The molecule has 0 fully saturated rings. The molecule has 0 amide bonds. The van der Waals surface area contributed by atoms with E-state index < -0.39 is 40.3 Å². The third-order valence-corrected chi connectivity index (χ3v) is 3.06. The Morgan fingerprint density at radius 2 is 2.00 bits per heavy atom. The molecule has 0 aliphatic rings. The standard InChI is InChI=1S/C14H12F3NO5/c1-3-22-13(21)10-11(19)9-7(18(2)12(10)20)5-4-6-8(9)23-14(15,16)17/h4-6,19H,3H2,1-2H3. The molecule has 0 radical (unpaired) electrons. The van der Waals surface area contributed by atoms with Crippen molar-refractivity contribution in [1.82, 2.24) is 4.57 Å². The van der Waals surface area contributed by atoms with Crippen LogP contribution >= 0.6 is 0 Å². The number of halogens is 3. The van der Waals surface area contributed by atoms with Crippen molar-refractivity contribution in [2.24, 2.45) is 7.05 Å². The lowest BCUT2D eigenvalue weighted by atomic mass is 10.1. The molecule has 6 nitrogen and oxygen atoms in total. The van der Waals surface area contributed by atoms with E-state index in [1.54, 1.807) is 0 Å². The van der Waals surface area contributed by atoms with Gasteiger partial charge in [-0.15, -0.1) is 13.2 Å². The lowest BCUT2D eigenvalue weighted by Gasteiger charge is -2.15. The van der Waals surface area contributed by atoms with Crippen LogP contribution in [0.1, 0.15) is 17.3 Å². The van der Waals surface area contributed by atoms with Crippen molar-refractivity contribution in [2.75, 3.05) is 6.61 Å². The highest BCUT2D eigenvalue weighted by Gasteiger charge is 2.33. The van der Waals surface area contributed by atoms with Gasteiger partial charge in [0.1, 0.15) is 11.5 Å². The van der Waals surface area contributed by atoms with Crippen molar-refractivity contribution in [3.8, 4) is 11.5 Å². The van der Waals surface area contributed by atoms with E-state index in [1.165, 1.54) is 26.1 Å². The van der Waals surface area contributed by atoms with Crippen LogP contribution in [0.25, 0.3) is 10.9 Å². The third kappa shape index (κ3) is 3.08. The van der Waals surface area contributed by atoms with Gasteiger partial charge in [-0.2, -0.15) is 0 Å². The Labute approximate surface area is 127 Å². The van der Waals surface area contributed by atoms with Crippen molar-refractivity contribution >= 4 is 16.9 Å². The molecule has 0 saturated carbocycles. The van der Waals surface area contributed by atoms with Crippen LogP contribution in [-0.4, -0.2) is 28.6 Å². The van der Waals surface area contributed by atoms with Gasteiger partial charge < -0.3 is 19.1 Å². The lowest BCUT2D eigenvalue weighted by molar-refractivity contribution is -0.274. The maximum Gasteiger partial charge on any atom is 0.573 e. The van der Waals surface area contributed by atoms with Crippen LogP contribution < -0.4 is 10.3 Å². The minimum Gasteiger partial charge on any atom is -0.506 e. The number of hydrogen-bond acceptors (Lipinski definition) is 5. The zero-order valence-electron chi connectivity index (χ0n) is 12.1. The fraction of sp³-hybridized carbons (Fsp3) is 0.286. The highest BCUT2D eigenvalue weighted by atomic mass is 19.4. The largest absolute Gasteiger partial charge is 0.573 e.